The molecule has 5 nitrogen and oxygen atoms in total. The van der Waals surface area contributed by atoms with Gasteiger partial charge in [0.1, 0.15) is 0 Å². The molecule has 0 saturated heterocycles. The summed E-state index contributed by atoms with van der Waals surface area (Å²) in [6, 6.07) is 5.49. The van der Waals surface area contributed by atoms with Crippen LogP contribution in [0.15, 0.2) is 18.2 Å². The Balaban J connectivity index is 2.66. The van der Waals surface area contributed by atoms with Crippen molar-refractivity contribution in [1.29, 1.82) is 0 Å². The smallest absolute Gasteiger partial charge is 0.151 e. The third-order valence-corrected chi connectivity index (χ3v) is 3.85. The van der Waals surface area contributed by atoms with Crippen LogP contribution in [0.5, 0.6) is 0 Å². The van der Waals surface area contributed by atoms with Gasteiger partial charge in [-0.05, 0) is 38.0 Å². The maximum atomic E-state index is 11.4. The molecule has 120 valence electrons. The normalized spacial score (nSPS) is 13.4. The lowest BCUT2D eigenvalue weighted by Gasteiger charge is -2.17. The summed E-state index contributed by atoms with van der Waals surface area (Å²) in [4.78, 5) is 0. The van der Waals surface area contributed by atoms with Gasteiger partial charge < -0.3 is 15.2 Å². The number of aliphatic hydroxyl groups is 1. The van der Waals surface area contributed by atoms with Crippen LogP contribution in [0.4, 0.5) is 5.69 Å². The lowest BCUT2D eigenvalue weighted by Crippen LogP contribution is -2.26. The fourth-order valence-electron chi connectivity index (χ4n) is 1.90. The van der Waals surface area contributed by atoms with Crippen LogP contribution in [0.1, 0.15) is 25.0 Å². The first-order valence-corrected chi connectivity index (χ1v) is 9.05. The zero-order valence-electron chi connectivity index (χ0n) is 13.1. The first kappa shape index (κ1) is 17.9. The Labute approximate surface area is 127 Å². The summed E-state index contributed by atoms with van der Waals surface area (Å²) in [5.74, 6) is 0.0212. The molecule has 1 atom stereocenters. The molecule has 21 heavy (non-hydrogen) atoms. The molecule has 6 heteroatoms. The van der Waals surface area contributed by atoms with Crippen LogP contribution in [0.2, 0.25) is 0 Å². The Morgan fingerprint density at radius 3 is 2.57 bits per heavy atom. The fraction of sp³-hybridized carbons (Fsp3) is 0.600. The molecular weight excluding hydrogens is 290 g/mol. The molecule has 1 aromatic rings. The van der Waals surface area contributed by atoms with Crippen molar-refractivity contribution >= 4 is 15.5 Å². The minimum Gasteiger partial charge on any atom is -0.389 e. The third kappa shape index (κ3) is 6.93. The molecule has 0 aliphatic heterocycles. The van der Waals surface area contributed by atoms with Gasteiger partial charge in [0, 0.05) is 18.5 Å². The van der Waals surface area contributed by atoms with Gasteiger partial charge in [0.05, 0.1) is 24.6 Å². The number of rotatable bonds is 8. The van der Waals surface area contributed by atoms with Crippen LogP contribution >= 0.6 is 0 Å². The van der Waals surface area contributed by atoms with E-state index < -0.39 is 15.9 Å². The molecule has 0 spiro atoms. The molecular formula is C15H25NO4S. The summed E-state index contributed by atoms with van der Waals surface area (Å²) >= 11 is 0. The number of hydrogen-bond acceptors (Lipinski definition) is 5. The number of benzene rings is 1. The van der Waals surface area contributed by atoms with E-state index in [1.807, 2.05) is 32.9 Å². The van der Waals surface area contributed by atoms with Gasteiger partial charge in [-0.1, -0.05) is 12.1 Å². The SMILES string of the molecule is Cc1c(CS(C)(=O)=O)cccc1NC[C@@H](O)COC(C)C. The second-order valence-corrected chi connectivity index (χ2v) is 7.72. The van der Waals surface area contributed by atoms with Gasteiger partial charge in [0.2, 0.25) is 0 Å². The highest BCUT2D eigenvalue weighted by Gasteiger charge is 2.11. The van der Waals surface area contributed by atoms with E-state index in [9.17, 15) is 13.5 Å². The summed E-state index contributed by atoms with van der Waals surface area (Å²) in [5.41, 5.74) is 2.50. The Morgan fingerprint density at radius 2 is 2.00 bits per heavy atom. The second-order valence-electron chi connectivity index (χ2n) is 5.58. The van der Waals surface area contributed by atoms with Crippen LogP contribution in [-0.2, 0) is 20.3 Å². The highest BCUT2D eigenvalue weighted by molar-refractivity contribution is 7.89. The summed E-state index contributed by atoms with van der Waals surface area (Å²) in [7, 11) is -3.06. The van der Waals surface area contributed by atoms with Crippen LogP contribution in [0.25, 0.3) is 0 Å². The maximum Gasteiger partial charge on any atom is 0.151 e. The minimum absolute atomic E-state index is 0.0212. The summed E-state index contributed by atoms with van der Waals surface area (Å²) in [6.45, 7) is 6.33. The second kappa shape index (κ2) is 7.77. The zero-order valence-corrected chi connectivity index (χ0v) is 13.9. The Hall–Kier alpha value is -1.11. The third-order valence-electron chi connectivity index (χ3n) is 3.01. The molecule has 0 unspecified atom stereocenters. The lowest BCUT2D eigenvalue weighted by molar-refractivity contribution is 0.0112. The number of anilines is 1. The van der Waals surface area contributed by atoms with Gasteiger partial charge in [0.15, 0.2) is 9.84 Å². The molecule has 0 saturated carbocycles. The van der Waals surface area contributed by atoms with E-state index in [2.05, 4.69) is 5.32 Å². The predicted molar refractivity (Wildman–Crippen MR) is 85.3 cm³/mol. The number of ether oxygens (including phenoxy) is 1. The molecule has 0 aliphatic carbocycles. The van der Waals surface area contributed by atoms with Crippen LogP contribution in [0, 0.1) is 6.92 Å². The minimum atomic E-state index is -3.06. The average Bonchev–Trinajstić information content (AvgIpc) is 2.36. The zero-order chi connectivity index (χ0) is 16.0. The molecule has 0 bridgehead atoms. The fourth-order valence-corrected chi connectivity index (χ4v) is 2.78. The first-order valence-electron chi connectivity index (χ1n) is 6.99. The summed E-state index contributed by atoms with van der Waals surface area (Å²) in [5, 5.41) is 13.0. The highest BCUT2D eigenvalue weighted by atomic mass is 32.2. The molecule has 2 N–H and O–H groups in total. The predicted octanol–water partition coefficient (Wildman–Crippen LogP) is 1.74. The van der Waals surface area contributed by atoms with Gasteiger partial charge in [-0.3, -0.25) is 0 Å². The lowest BCUT2D eigenvalue weighted by atomic mass is 10.1. The summed E-state index contributed by atoms with van der Waals surface area (Å²) < 4.78 is 28.1. The van der Waals surface area contributed by atoms with E-state index in [0.29, 0.717) is 6.54 Å². The number of aliphatic hydroxyl groups excluding tert-OH is 1. The van der Waals surface area contributed by atoms with E-state index in [1.165, 1.54) is 6.26 Å². The Bertz CT molecular complexity index is 555. The van der Waals surface area contributed by atoms with Crippen molar-refractivity contribution in [3.05, 3.63) is 29.3 Å². The van der Waals surface area contributed by atoms with Crippen LogP contribution in [0.3, 0.4) is 0 Å². The first-order chi connectivity index (χ1) is 9.69. The van der Waals surface area contributed by atoms with Crippen molar-refractivity contribution in [2.45, 2.75) is 38.7 Å². The van der Waals surface area contributed by atoms with E-state index >= 15 is 0 Å². The molecule has 0 radical (unpaired) electrons. The molecule has 0 heterocycles. The van der Waals surface area contributed by atoms with E-state index in [-0.39, 0.29) is 18.5 Å². The van der Waals surface area contributed by atoms with Crippen LogP contribution in [-0.4, -0.2) is 45.1 Å². The van der Waals surface area contributed by atoms with Crippen molar-refractivity contribution in [2.75, 3.05) is 24.7 Å². The molecule has 1 rings (SSSR count). The quantitative estimate of drug-likeness (QED) is 0.764. The van der Waals surface area contributed by atoms with Crippen molar-refractivity contribution < 1.29 is 18.3 Å². The monoisotopic (exact) mass is 315 g/mol. The van der Waals surface area contributed by atoms with Gasteiger partial charge >= 0.3 is 0 Å². The van der Waals surface area contributed by atoms with E-state index in [0.717, 1.165) is 16.8 Å². The number of nitrogens with one attached hydrogen (secondary N) is 1. The Kier molecular flexibility index (Phi) is 6.64. The average molecular weight is 315 g/mol. The topological polar surface area (TPSA) is 75.6 Å². The van der Waals surface area contributed by atoms with E-state index in [1.54, 1.807) is 6.07 Å². The largest absolute Gasteiger partial charge is 0.389 e. The van der Waals surface area contributed by atoms with Crippen molar-refractivity contribution in [3.8, 4) is 0 Å². The maximum absolute atomic E-state index is 11.4. The van der Waals surface area contributed by atoms with Crippen LogP contribution < -0.4 is 5.32 Å². The molecule has 0 amide bonds. The standard InChI is InChI=1S/C15H25NO4S/c1-11(2)20-9-14(17)8-16-15-7-5-6-13(12(15)3)10-21(4,18)19/h5-7,11,14,16-17H,8-10H2,1-4H3/t14-/m1/s1. The number of hydrogen-bond donors (Lipinski definition) is 2. The van der Waals surface area contributed by atoms with Gasteiger partial charge in [0.25, 0.3) is 0 Å². The molecule has 1 aromatic carbocycles. The van der Waals surface area contributed by atoms with Crippen molar-refractivity contribution in [3.63, 3.8) is 0 Å². The number of sulfone groups is 1. The summed E-state index contributed by atoms with van der Waals surface area (Å²) in [6.07, 6.45) is 0.698. The van der Waals surface area contributed by atoms with Gasteiger partial charge in [-0.2, -0.15) is 0 Å². The molecule has 0 fully saturated rings. The van der Waals surface area contributed by atoms with Gasteiger partial charge in [-0.15, -0.1) is 0 Å². The highest BCUT2D eigenvalue weighted by Crippen LogP contribution is 2.20. The van der Waals surface area contributed by atoms with E-state index in [4.69, 9.17) is 4.74 Å². The van der Waals surface area contributed by atoms with Gasteiger partial charge in [-0.25, -0.2) is 8.42 Å². The molecule has 0 aromatic heterocycles. The Morgan fingerprint density at radius 1 is 1.33 bits per heavy atom. The van der Waals surface area contributed by atoms with Crippen molar-refractivity contribution in [1.82, 2.24) is 0 Å². The van der Waals surface area contributed by atoms with Crippen molar-refractivity contribution in [2.24, 2.45) is 0 Å². The molecule has 0 aliphatic rings.